The van der Waals surface area contributed by atoms with Crippen LogP contribution in [0.3, 0.4) is 0 Å². The number of benzene rings is 1. The predicted octanol–water partition coefficient (Wildman–Crippen LogP) is 2.98. The Kier molecular flexibility index (Phi) is 7.28. The average molecular weight is 411 g/mol. The molecule has 0 saturated heterocycles. The first-order valence-corrected chi connectivity index (χ1v) is 11.6. The molecule has 1 fully saturated rings. The SMILES string of the molecule is CC(=O)Nc1ccc(S(=O)(=O)CCCN[C@]2(CO)C[C@@H](C)CC(C)(C)C2)cc1. The summed E-state index contributed by atoms with van der Waals surface area (Å²) in [7, 11) is -3.38. The molecule has 1 aliphatic rings. The van der Waals surface area contributed by atoms with Crippen molar-refractivity contribution < 1.29 is 18.3 Å². The predicted molar refractivity (Wildman–Crippen MR) is 112 cm³/mol. The molecule has 1 saturated carbocycles. The van der Waals surface area contributed by atoms with Crippen molar-refractivity contribution in [2.45, 2.75) is 63.8 Å². The second kappa shape index (κ2) is 8.93. The van der Waals surface area contributed by atoms with Gasteiger partial charge >= 0.3 is 0 Å². The van der Waals surface area contributed by atoms with Gasteiger partial charge in [-0.25, -0.2) is 8.42 Å². The molecule has 1 amide bonds. The van der Waals surface area contributed by atoms with E-state index in [1.54, 1.807) is 12.1 Å². The minimum atomic E-state index is -3.38. The highest BCUT2D eigenvalue weighted by Gasteiger charge is 2.42. The summed E-state index contributed by atoms with van der Waals surface area (Å²) in [5, 5.41) is 16.1. The van der Waals surface area contributed by atoms with Crippen LogP contribution in [-0.4, -0.2) is 43.9 Å². The molecule has 2 atom stereocenters. The first-order chi connectivity index (χ1) is 13.0. The van der Waals surface area contributed by atoms with Crippen LogP contribution in [0.5, 0.6) is 0 Å². The smallest absolute Gasteiger partial charge is 0.221 e. The number of amides is 1. The fraction of sp³-hybridized carbons (Fsp3) is 0.667. The van der Waals surface area contributed by atoms with Crippen molar-refractivity contribution in [3.63, 3.8) is 0 Å². The van der Waals surface area contributed by atoms with Gasteiger partial charge in [0, 0.05) is 18.2 Å². The van der Waals surface area contributed by atoms with Crippen LogP contribution in [0.2, 0.25) is 0 Å². The van der Waals surface area contributed by atoms with Crippen LogP contribution in [0.1, 0.15) is 53.4 Å². The fourth-order valence-corrected chi connectivity index (χ4v) is 6.05. The Bertz CT molecular complexity index is 774. The van der Waals surface area contributed by atoms with Gasteiger partial charge in [-0.1, -0.05) is 20.8 Å². The van der Waals surface area contributed by atoms with Gasteiger partial charge in [-0.3, -0.25) is 4.79 Å². The molecule has 28 heavy (non-hydrogen) atoms. The highest BCUT2D eigenvalue weighted by atomic mass is 32.2. The zero-order chi connectivity index (χ0) is 21.0. The lowest BCUT2D eigenvalue weighted by molar-refractivity contribution is -0.114. The Morgan fingerprint density at radius 1 is 1.21 bits per heavy atom. The topological polar surface area (TPSA) is 95.5 Å². The summed E-state index contributed by atoms with van der Waals surface area (Å²) in [5.41, 5.74) is 0.409. The van der Waals surface area contributed by atoms with Gasteiger partial charge in [0.15, 0.2) is 9.84 Å². The van der Waals surface area contributed by atoms with Crippen molar-refractivity contribution in [2.75, 3.05) is 24.2 Å². The molecule has 1 aliphatic carbocycles. The third-order valence-electron chi connectivity index (χ3n) is 5.38. The zero-order valence-electron chi connectivity index (χ0n) is 17.4. The number of anilines is 1. The molecule has 1 aromatic carbocycles. The molecule has 0 aliphatic heterocycles. The van der Waals surface area contributed by atoms with E-state index in [0.717, 1.165) is 19.3 Å². The minimum Gasteiger partial charge on any atom is -0.394 e. The van der Waals surface area contributed by atoms with Crippen molar-refractivity contribution in [1.29, 1.82) is 0 Å². The van der Waals surface area contributed by atoms with E-state index >= 15 is 0 Å². The summed E-state index contributed by atoms with van der Waals surface area (Å²) in [6, 6.07) is 6.24. The van der Waals surface area contributed by atoms with Gasteiger partial charge in [0.1, 0.15) is 0 Å². The maximum atomic E-state index is 12.6. The summed E-state index contributed by atoms with van der Waals surface area (Å²) in [6.45, 7) is 8.69. The van der Waals surface area contributed by atoms with E-state index in [1.165, 1.54) is 19.1 Å². The molecule has 158 valence electrons. The summed E-state index contributed by atoms with van der Waals surface area (Å²) in [4.78, 5) is 11.3. The highest BCUT2D eigenvalue weighted by molar-refractivity contribution is 7.91. The van der Waals surface area contributed by atoms with Gasteiger partial charge in [-0.05, 0) is 67.8 Å². The van der Waals surface area contributed by atoms with Gasteiger partial charge in [-0.15, -0.1) is 0 Å². The number of nitrogens with one attached hydrogen (secondary N) is 2. The second-order valence-corrected chi connectivity index (χ2v) is 11.2. The largest absolute Gasteiger partial charge is 0.394 e. The third kappa shape index (κ3) is 6.29. The van der Waals surface area contributed by atoms with Crippen LogP contribution < -0.4 is 10.6 Å². The van der Waals surface area contributed by atoms with Crippen LogP contribution in [0.15, 0.2) is 29.2 Å². The molecule has 0 spiro atoms. The fourth-order valence-electron chi connectivity index (χ4n) is 4.74. The molecule has 1 aromatic rings. The van der Waals surface area contributed by atoms with E-state index in [1.807, 2.05) is 0 Å². The number of sulfone groups is 1. The van der Waals surface area contributed by atoms with Crippen molar-refractivity contribution in [1.82, 2.24) is 5.32 Å². The molecule has 2 rings (SSSR count). The third-order valence-corrected chi connectivity index (χ3v) is 7.20. The van der Waals surface area contributed by atoms with E-state index in [9.17, 15) is 18.3 Å². The molecular formula is C21H34N2O4S. The van der Waals surface area contributed by atoms with Gasteiger partial charge < -0.3 is 15.7 Å². The van der Waals surface area contributed by atoms with Crippen LogP contribution >= 0.6 is 0 Å². The van der Waals surface area contributed by atoms with Gasteiger partial charge in [-0.2, -0.15) is 0 Å². The van der Waals surface area contributed by atoms with Crippen LogP contribution in [0.25, 0.3) is 0 Å². The Labute approximate surface area is 169 Å². The molecule has 0 bridgehead atoms. The lowest BCUT2D eigenvalue weighted by atomic mass is 9.64. The lowest BCUT2D eigenvalue weighted by Gasteiger charge is -2.47. The van der Waals surface area contributed by atoms with Crippen LogP contribution in [-0.2, 0) is 14.6 Å². The monoisotopic (exact) mass is 410 g/mol. The van der Waals surface area contributed by atoms with Crippen molar-refractivity contribution >= 4 is 21.4 Å². The summed E-state index contributed by atoms with van der Waals surface area (Å²) in [6.07, 6.45) is 3.41. The Hall–Kier alpha value is -1.44. The number of carbonyl (C=O) groups excluding carboxylic acids is 1. The maximum Gasteiger partial charge on any atom is 0.221 e. The summed E-state index contributed by atoms with van der Waals surface area (Å²) >= 11 is 0. The molecule has 7 heteroatoms. The zero-order valence-corrected chi connectivity index (χ0v) is 18.2. The van der Waals surface area contributed by atoms with Gasteiger partial charge in [0.2, 0.25) is 5.91 Å². The number of hydrogen-bond donors (Lipinski definition) is 3. The first-order valence-electron chi connectivity index (χ1n) is 9.93. The Morgan fingerprint density at radius 3 is 2.39 bits per heavy atom. The first kappa shape index (κ1) is 22.8. The van der Waals surface area contributed by atoms with Gasteiger partial charge in [0.25, 0.3) is 0 Å². The van der Waals surface area contributed by atoms with E-state index < -0.39 is 9.84 Å². The number of aliphatic hydroxyl groups excluding tert-OH is 1. The molecule has 0 unspecified atom stereocenters. The summed E-state index contributed by atoms with van der Waals surface area (Å²) < 4.78 is 25.1. The minimum absolute atomic E-state index is 0.0416. The Morgan fingerprint density at radius 2 is 1.86 bits per heavy atom. The molecule has 0 radical (unpaired) electrons. The number of hydrogen-bond acceptors (Lipinski definition) is 5. The molecule has 3 N–H and O–H groups in total. The lowest BCUT2D eigenvalue weighted by Crippen LogP contribution is -2.55. The molecule has 0 aromatic heterocycles. The van der Waals surface area contributed by atoms with Crippen LogP contribution in [0.4, 0.5) is 5.69 Å². The van der Waals surface area contributed by atoms with E-state index in [0.29, 0.717) is 24.6 Å². The maximum absolute atomic E-state index is 12.6. The average Bonchev–Trinajstić information content (AvgIpc) is 2.57. The normalized spacial score (nSPS) is 24.7. The van der Waals surface area contributed by atoms with E-state index in [2.05, 4.69) is 31.4 Å². The van der Waals surface area contributed by atoms with Gasteiger partial charge in [0.05, 0.1) is 17.3 Å². The van der Waals surface area contributed by atoms with E-state index in [-0.39, 0.29) is 34.1 Å². The molecule has 0 heterocycles. The summed E-state index contributed by atoms with van der Waals surface area (Å²) in [5.74, 6) is 0.369. The molecule has 6 nitrogen and oxygen atoms in total. The van der Waals surface area contributed by atoms with Crippen molar-refractivity contribution in [2.24, 2.45) is 11.3 Å². The quantitative estimate of drug-likeness (QED) is 0.573. The van der Waals surface area contributed by atoms with E-state index in [4.69, 9.17) is 0 Å². The van der Waals surface area contributed by atoms with Crippen molar-refractivity contribution in [3.05, 3.63) is 24.3 Å². The van der Waals surface area contributed by atoms with Crippen LogP contribution in [0, 0.1) is 11.3 Å². The molecular weight excluding hydrogens is 376 g/mol. The van der Waals surface area contributed by atoms with Crippen molar-refractivity contribution in [3.8, 4) is 0 Å². The standard InChI is InChI=1S/C21H34N2O4S/c1-16-12-20(3,4)14-21(13-16,15-24)22-10-5-11-28(26,27)19-8-6-18(7-9-19)23-17(2)25/h6-9,16,22,24H,5,10-15H2,1-4H3,(H,23,25)/t16-,21+/m0/s1. The Balaban J connectivity index is 1.91. The number of rotatable bonds is 8. The number of carbonyl (C=O) groups is 1. The number of aliphatic hydroxyl groups is 1. The second-order valence-electron chi connectivity index (χ2n) is 9.10. The highest BCUT2D eigenvalue weighted by Crippen LogP contribution is 2.43.